The SMILES string of the molecule is Nc1ncccc1NCCCCO. The van der Waals surface area contributed by atoms with Gasteiger partial charge in [-0.15, -0.1) is 0 Å². The Morgan fingerprint density at radius 3 is 3.00 bits per heavy atom. The second-order valence-electron chi connectivity index (χ2n) is 2.79. The molecule has 0 aliphatic heterocycles. The summed E-state index contributed by atoms with van der Waals surface area (Å²) in [4.78, 5) is 3.94. The van der Waals surface area contributed by atoms with Crippen molar-refractivity contribution < 1.29 is 5.11 Å². The molecule has 0 bridgehead atoms. The van der Waals surface area contributed by atoms with E-state index < -0.39 is 0 Å². The molecule has 0 spiro atoms. The van der Waals surface area contributed by atoms with Crippen LogP contribution in [-0.2, 0) is 0 Å². The molecule has 0 atom stereocenters. The minimum atomic E-state index is 0.240. The van der Waals surface area contributed by atoms with Gasteiger partial charge in [-0.2, -0.15) is 0 Å². The van der Waals surface area contributed by atoms with Crippen molar-refractivity contribution in [2.75, 3.05) is 24.2 Å². The van der Waals surface area contributed by atoms with Crippen molar-refractivity contribution in [1.29, 1.82) is 0 Å². The van der Waals surface area contributed by atoms with E-state index in [0.717, 1.165) is 25.1 Å². The van der Waals surface area contributed by atoms with Gasteiger partial charge in [0.25, 0.3) is 0 Å². The molecule has 0 saturated carbocycles. The monoisotopic (exact) mass is 181 g/mol. The average molecular weight is 181 g/mol. The minimum Gasteiger partial charge on any atom is -0.396 e. The number of hydrogen-bond acceptors (Lipinski definition) is 4. The van der Waals surface area contributed by atoms with Crippen LogP contribution in [0.25, 0.3) is 0 Å². The van der Waals surface area contributed by atoms with Crippen LogP contribution in [0.15, 0.2) is 18.3 Å². The van der Waals surface area contributed by atoms with Gasteiger partial charge >= 0.3 is 0 Å². The van der Waals surface area contributed by atoms with Crippen molar-refractivity contribution in [3.8, 4) is 0 Å². The molecule has 0 aromatic carbocycles. The molecule has 0 radical (unpaired) electrons. The number of anilines is 2. The van der Waals surface area contributed by atoms with Gasteiger partial charge in [-0.25, -0.2) is 4.98 Å². The van der Waals surface area contributed by atoms with Crippen LogP contribution < -0.4 is 11.1 Å². The first-order valence-electron chi connectivity index (χ1n) is 4.40. The Bertz CT molecular complexity index is 252. The van der Waals surface area contributed by atoms with Gasteiger partial charge in [0.2, 0.25) is 0 Å². The average Bonchev–Trinajstić information content (AvgIpc) is 2.15. The lowest BCUT2D eigenvalue weighted by molar-refractivity contribution is 0.286. The number of nitrogens with zero attached hydrogens (tertiary/aromatic N) is 1. The minimum absolute atomic E-state index is 0.240. The third-order valence-corrected chi connectivity index (χ3v) is 1.74. The van der Waals surface area contributed by atoms with Gasteiger partial charge in [0.1, 0.15) is 5.82 Å². The summed E-state index contributed by atoms with van der Waals surface area (Å²) in [5, 5.41) is 11.7. The second kappa shape index (κ2) is 5.37. The molecule has 0 fully saturated rings. The Balaban J connectivity index is 2.32. The number of aromatic nitrogens is 1. The van der Waals surface area contributed by atoms with Crippen LogP contribution in [0.5, 0.6) is 0 Å². The summed E-state index contributed by atoms with van der Waals surface area (Å²) in [6.07, 6.45) is 3.41. The number of nitrogens with one attached hydrogen (secondary N) is 1. The Hall–Kier alpha value is -1.29. The van der Waals surface area contributed by atoms with Crippen molar-refractivity contribution in [1.82, 2.24) is 4.98 Å². The Labute approximate surface area is 77.8 Å². The summed E-state index contributed by atoms with van der Waals surface area (Å²) < 4.78 is 0. The number of rotatable bonds is 5. The van der Waals surface area contributed by atoms with Crippen LogP contribution in [0.2, 0.25) is 0 Å². The molecule has 0 aliphatic carbocycles. The lowest BCUT2D eigenvalue weighted by Crippen LogP contribution is -2.05. The van der Waals surface area contributed by atoms with E-state index in [-0.39, 0.29) is 6.61 Å². The van der Waals surface area contributed by atoms with Crippen molar-refractivity contribution in [2.24, 2.45) is 0 Å². The van der Waals surface area contributed by atoms with Gasteiger partial charge in [-0.3, -0.25) is 0 Å². The largest absolute Gasteiger partial charge is 0.396 e. The van der Waals surface area contributed by atoms with E-state index >= 15 is 0 Å². The maximum absolute atomic E-state index is 8.55. The van der Waals surface area contributed by atoms with Crippen molar-refractivity contribution in [3.63, 3.8) is 0 Å². The topological polar surface area (TPSA) is 71.2 Å². The number of unbranched alkanes of at least 4 members (excludes halogenated alkanes) is 1. The maximum atomic E-state index is 8.55. The molecule has 4 heteroatoms. The fourth-order valence-electron chi connectivity index (χ4n) is 1.03. The predicted octanol–water partition coefficient (Wildman–Crippen LogP) is 0.848. The lowest BCUT2D eigenvalue weighted by atomic mass is 10.3. The lowest BCUT2D eigenvalue weighted by Gasteiger charge is -2.06. The van der Waals surface area contributed by atoms with E-state index in [1.54, 1.807) is 6.20 Å². The molecule has 13 heavy (non-hydrogen) atoms. The molecule has 1 rings (SSSR count). The standard InChI is InChI=1S/C9H15N3O/c10-9-8(4-3-6-12-9)11-5-1-2-7-13/h3-4,6,11,13H,1-2,5,7H2,(H2,10,12). The molecule has 1 heterocycles. The van der Waals surface area contributed by atoms with E-state index in [9.17, 15) is 0 Å². The van der Waals surface area contributed by atoms with Crippen LogP contribution in [0.1, 0.15) is 12.8 Å². The summed E-state index contributed by atoms with van der Waals surface area (Å²) >= 11 is 0. The summed E-state index contributed by atoms with van der Waals surface area (Å²) in [6, 6.07) is 3.73. The molecule has 0 aliphatic rings. The van der Waals surface area contributed by atoms with E-state index in [0.29, 0.717) is 5.82 Å². The summed E-state index contributed by atoms with van der Waals surface area (Å²) in [5.41, 5.74) is 6.47. The Morgan fingerprint density at radius 2 is 2.31 bits per heavy atom. The van der Waals surface area contributed by atoms with Crippen molar-refractivity contribution in [2.45, 2.75) is 12.8 Å². The van der Waals surface area contributed by atoms with E-state index in [1.165, 1.54) is 0 Å². The molecule has 0 saturated heterocycles. The quantitative estimate of drug-likeness (QED) is 0.589. The number of pyridine rings is 1. The summed E-state index contributed by atoms with van der Waals surface area (Å²) in [6.45, 7) is 1.06. The number of aliphatic hydroxyl groups excluding tert-OH is 1. The predicted molar refractivity (Wildman–Crippen MR) is 53.5 cm³/mol. The first kappa shape index (κ1) is 9.80. The molecular weight excluding hydrogens is 166 g/mol. The van der Waals surface area contributed by atoms with Crippen LogP contribution in [-0.4, -0.2) is 23.2 Å². The first-order chi connectivity index (χ1) is 6.34. The van der Waals surface area contributed by atoms with E-state index in [1.807, 2.05) is 12.1 Å². The van der Waals surface area contributed by atoms with E-state index in [2.05, 4.69) is 10.3 Å². The van der Waals surface area contributed by atoms with Crippen LogP contribution in [0.3, 0.4) is 0 Å². The highest BCUT2D eigenvalue weighted by Crippen LogP contribution is 2.13. The third-order valence-electron chi connectivity index (χ3n) is 1.74. The summed E-state index contributed by atoms with van der Waals surface area (Å²) in [7, 11) is 0. The van der Waals surface area contributed by atoms with Crippen LogP contribution in [0, 0.1) is 0 Å². The molecule has 4 N–H and O–H groups in total. The summed E-state index contributed by atoms with van der Waals surface area (Å²) in [5.74, 6) is 0.520. The molecule has 4 nitrogen and oxygen atoms in total. The van der Waals surface area contributed by atoms with Gasteiger partial charge in [-0.1, -0.05) is 0 Å². The fraction of sp³-hybridized carbons (Fsp3) is 0.444. The number of hydrogen-bond donors (Lipinski definition) is 3. The number of aliphatic hydroxyl groups is 1. The number of nitrogens with two attached hydrogens (primary N) is 1. The van der Waals surface area contributed by atoms with Crippen LogP contribution in [0.4, 0.5) is 11.5 Å². The Kier molecular flexibility index (Phi) is 4.05. The van der Waals surface area contributed by atoms with Gasteiger partial charge in [-0.05, 0) is 25.0 Å². The Morgan fingerprint density at radius 1 is 1.46 bits per heavy atom. The highest BCUT2D eigenvalue weighted by Gasteiger charge is 1.96. The zero-order chi connectivity index (χ0) is 9.52. The van der Waals surface area contributed by atoms with Gasteiger partial charge < -0.3 is 16.2 Å². The highest BCUT2D eigenvalue weighted by atomic mass is 16.2. The zero-order valence-electron chi connectivity index (χ0n) is 7.53. The molecule has 0 amide bonds. The number of nitrogen functional groups attached to an aromatic ring is 1. The molecule has 1 aromatic heterocycles. The molecule has 1 aromatic rings. The zero-order valence-corrected chi connectivity index (χ0v) is 7.53. The first-order valence-corrected chi connectivity index (χ1v) is 4.40. The third kappa shape index (κ3) is 3.29. The molecule has 0 unspecified atom stereocenters. The van der Waals surface area contributed by atoms with Crippen LogP contribution >= 0.6 is 0 Å². The second-order valence-corrected chi connectivity index (χ2v) is 2.79. The smallest absolute Gasteiger partial charge is 0.146 e. The van der Waals surface area contributed by atoms with E-state index in [4.69, 9.17) is 10.8 Å². The normalized spacial score (nSPS) is 9.92. The van der Waals surface area contributed by atoms with Gasteiger partial charge in [0.15, 0.2) is 0 Å². The molecule has 72 valence electrons. The van der Waals surface area contributed by atoms with Crippen molar-refractivity contribution >= 4 is 11.5 Å². The fourth-order valence-corrected chi connectivity index (χ4v) is 1.03. The van der Waals surface area contributed by atoms with Gasteiger partial charge in [0.05, 0.1) is 5.69 Å². The highest BCUT2D eigenvalue weighted by molar-refractivity contribution is 5.60. The maximum Gasteiger partial charge on any atom is 0.146 e. The molecular formula is C9H15N3O. The van der Waals surface area contributed by atoms with Gasteiger partial charge in [0, 0.05) is 19.3 Å². The van der Waals surface area contributed by atoms with Crippen molar-refractivity contribution in [3.05, 3.63) is 18.3 Å².